The van der Waals surface area contributed by atoms with Gasteiger partial charge in [-0.1, -0.05) is 18.9 Å². The fourth-order valence-electron chi connectivity index (χ4n) is 1.43. The Morgan fingerprint density at radius 2 is 2.23 bits per heavy atom. The molecule has 1 aromatic carbocycles. The zero-order chi connectivity index (χ0) is 9.10. The molecule has 0 atom stereocenters. The third-order valence-electron chi connectivity index (χ3n) is 2.40. The number of nitrogens with one attached hydrogen (secondary N) is 1. The van der Waals surface area contributed by atoms with Crippen LogP contribution in [0.5, 0.6) is 0 Å². The van der Waals surface area contributed by atoms with Crippen LogP contribution in [0.15, 0.2) is 24.3 Å². The van der Waals surface area contributed by atoms with Gasteiger partial charge in [0, 0.05) is 15.8 Å². The maximum atomic E-state index is 3.45. The van der Waals surface area contributed by atoms with Crippen molar-refractivity contribution in [2.24, 2.45) is 5.92 Å². The minimum Gasteiger partial charge on any atom is -0.385 e. The SMILES string of the molecule is Ic1cccc(NCCC2CC2)c1. The van der Waals surface area contributed by atoms with Crippen LogP contribution in [0, 0.1) is 9.49 Å². The highest BCUT2D eigenvalue weighted by molar-refractivity contribution is 14.1. The molecule has 0 saturated heterocycles. The van der Waals surface area contributed by atoms with Crippen molar-refractivity contribution in [3.63, 3.8) is 0 Å². The van der Waals surface area contributed by atoms with E-state index in [4.69, 9.17) is 0 Å². The lowest BCUT2D eigenvalue weighted by Crippen LogP contribution is -2.01. The van der Waals surface area contributed by atoms with E-state index in [1.165, 1.54) is 28.5 Å². The summed E-state index contributed by atoms with van der Waals surface area (Å²) < 4.78 is 1.30. The molecule has 1 aliphatic rings. The Hall–Kier alpha value is -0.250. The molecule has 1 aromatic rings. The monoisotopic (exact) mass is 287 g/mol. The van der Waals surface area contributed by atoms with Crippen LogP contribution in [-0.2, 0) is 0 Å². The molecule has 1 saturated carbocycles. The predicted molar refractivity (Wildman–Crippen MR) is 65.0 cm³/mol. The first-order chi connectivity index (χ1) is 6.34. The standard InChI is InChI=1S/C11H14IN/c12-10-2-1-3-11(8-10)13-7-6-9-4-5-9/h1-3,8-9,13H,4-7H2. The topological polar surface area (TPSA) is 12.0 Å². The quantitative estimate of drug-likeness (QED) is 0.836. The number of hydrogen-bond acceptors (Lipinski definition) is 1. The molecule has 1 N–H and O–H groups in total. The minimum absolute atomic E-state index is 1.02. The molecule has 0 unspecified atom stereocenters. The zero-order valence-electron chi connectivity index (χ0n) is 7.59. The molecule has 0 bridgehead atoms. The average Bonchev–Trinajstić information content (AvgIpc) is 2.88. The normalized spacial score (nSPS) is 15.8. The summed E-state index contributed by atoms with van der Waals surface area (Å²) in [5, 5.41) is 3.45. The van der Waals surface area contributed by atoms with Crippen LogP contribution in [0.25, 0.3) is 0 Å². The highest BCUT2D eigenvalue weighted by Gasteiger charge is 2.19. The zero-order valence-corrected chi connectivity index (χ0v) is 9.75. The third kappa shape index (κ3) is 3.18. The molecule has 2 heteroatoms. The van der Waals surface area contributed by atoms with Gasteiger partial charge in [0.25, 0.3) is 0 Å². The van der Waals surface area contributed by atoms with Gasteiger partial charge in [0.05, 0.1) is 0 Å². The molecule has 1 nitrogen and oxygen atoms in total. The minimum atomic E-state index is 1.02. The van der Waals surface area contributed by atoms with Gasteiger partial charge in [-0.15, -0.1) is 0 Å². The summed E-state index contributed by atoms with van der Waals surface area (Å²) in [5.74, 6) is 1.02. The summed E-state index contributed by atoms with van der Waals surface area (Å²) in [6, 6.07) is 8.54. The largest absolute Gasteiger partial charge is 0.385 e. The van der Waals surface area contributed by atoms with Gasteiger partial charge < -0.3 is 5.32 Å². The molecule has 0 aromatic heterocycles. The van der Waals surface area contributed by atoms with E-state index >= 15 is 0 Å². The van der Waals surface area contributed by atoms with Gasteiger partial charge in [-0.2, -0.15) is 0 Å². The Bertz CT molecular complexity index is 281. The van der Waals surface area contributed by atoms with Crippen molar-refractivity contribution in [2.45, 2.75) is 19.3 Å². The van der Waals surface area contributed by atoms with E-state index in [-0.39, 0.29) is 0 Å². The van der Waals surface area contributed by atoms with Crippen molar-refractivity contribution >= 4 is 28.3 Å². The van der Waals surface area contributed by atoms with Crippen LogP contribution in [0.3, 0.4) is 0 Å². The average molecular weight is 287 g/mol. The molecule has 0 aliphatic heterocycles. The van der Waals surface area contributed by atoms with Crippen molar-refractivity contribution in [2.75, 3.05) is 11.9 Å². The van der Waals surface area contributed by atoms with Crippen molar-refractivity contribution in [1.82, 2.24) is 0 Å². The lowest BCUT2D eigenvalue weighted by molar-refractivity contribution is 0.760. The molecule has 1 fully saturated rings. The van der Waals surface area contributed by atoms with Gasteiger partial charge in [-0.05, 0) is 53.1 Å². The second kappa shape index (κ2) is 4.31. The molecule has 2 rings (SSSR count). The number of benzene rings is 1. The van der Waals surface area contributed by atoms with Gasteiger partial charge in [0.15, 0.2) is 0 Å². The van der Waals surface area contributed by atoms with Crippen LogP contribution < -0.4 is 5.32 Å². The van der Waals surface area contributed by atoms with Crippen LogP contribution in [0.2, 0.25) is 0 Å². The Labute approximate surface area is 93.1 Å². The van der Waals surface area contributed by atoms with Crippen molar-refractivity contribution < 1.29 is 0 Å². The third-order valence-corrected chi connectivity index (χ3v) is 3.07. The van der Waals surface area contributed by atoms with Gasteiger partial charge >= 0.3 is 0 Å². The van der Waals surface area contributed by atoms with Crippen molar-refractivity contribution in [1.29, 1.82) is 0 Å². The van der Waals surface area contributed by atoms with Crippen molar-refractivity contribution in [3.8, 4) is 0 Å². The van der Waals surface area contributed by atoms with Gasteiger partial charge in [-0.25, -0.2) is 0 Å². The van der Waals surface area contributed by atoms with Crippen LogP contribution >= 0.6 is 22.6 Å². The van der Waals surface area contributed by atoms with E-state index < -0.39 is 0 Å². The van der Waals surface area contributed by atoms with Crippen molar-refractivity contribution in [3.05, 3.63) is 27.8 Å². The molecule has 1 aliphatic carbocycles. The highest BCUT2D eigenvalue weighted by Crippen LogP contribution is 2.32. The highest BCUT2D eigenvalue weighted by atomic mass is 127. The second-order valence-electron chi connectivity index (χ2n) is 3.67. The maximum absolute atomic E-state index is 3.45. The molecule has 0 radical (unpaired) electrons. The first-order valence-electron chi connectivity index (χ1n) is 4.84. The first kappa shape index (κ1) is 9.31. The van der Waals surface area contributed by atoms with Crippen LogP contribution in [0.1, 0.15) is 19.3 Å². The van der Waals surface area contributed by atoms with Crippen LogP contribution in [0.4, 0.5) is 5.69 Å². The van der Waals surface area contributed by atoms with E-state index in [0.717, 1.165) is 12.5 Å². The Balaban J connectivity index is 1.79. The molecule has 70 valence electrons. The number of hydrogen-bond donors (Lipinski definition) is 1. The number of rotatable bonds is 4. The van der Waals surface area contributed by atoms with E-state index in [9.17, 15) is 0 Å². The van der Waals surface area contributed by atoms with Crippen LogP contribution in [-0.4, -0.2) is 6.54 Å². The fourth-order valence-corrected chi connectivity index (χ4v) is 1.97. The molecular formula is C11H14IN. The Morgan fingerprint density at radius 1 is 1.38 bits per heavy atom. The molecule has 13 heavy (non-hydrogen) atoms. The molecule has 0 amide bonds. The van der Waals surface area contributed by atoms with Gasteiger partial charge in [0.1, 0.15) is 0 Å². The Kier molecular flexibility index (Phi) is 3.09. The molecule has 0 spiro atoms. The fraction of sp³-hybridized carbons (Fsp3) is 0.455. The predicted octanol–water partition coefficient (Wildman–Crippen LogP) is 3.50. The lowest BCUT2D eigenvalue weighted by Gasteiger charge is -2.05. The maximum Gasteiger partial charge on any atom is 0.0350 e. The summed E-state index contributed by atoms with van der Waals surface area (Å²) in [7, 11) is 0. The van der Waals surface area contributed by atoms with E-state index in [1.807, 2.05) is 0 Å². The van der Waals surface area contributed by atoms with E-state index in [1.54, 1.807) is 0 Å². The van der Waals surface area contributed by atoms with Gasteiger partial charge in [-0.3, -0.25) is 0 Å². The second-order valence-corrected chi connectivity index (χ2v) is 4.91. The van der Waals surface area contributed by atoms with E-state index in [0.29, 0.717) is 0 Å². The summed E-state index contributed by atoms with van der Waals surface area (Å²) in [6.07, 6.45) is 4.24. The molecular weight excluding hydrogens is 273 g/mol. The Morgan fingerprint density at radius 3 is 2.92 bits per heavy atom. The summed E-state index contributed by atoms with van der Waals surface area (Å²) >= 11 is 2.34. The van der Waals surface area contributed by atoms with Gasteiger partial charge in [0.2, 0.25) is 0 Å². The first-order valence-corrected chi connectivity index (χ1v) is 5.92. The summed E-state index contributed by atoms with van der Waals surface area (Å²) in [4.78, 5) is 0. The summed E-state index contributed by atoms with van der Waals surface area (Å²) in [6.45, 7) is 1.13. The lowest BCUT2D eigenvalue weighted by atomic mass is 10.2. The summed E-state index contributed by atoms with van der Waals surface area (Å²) in [5.41, 5.74) is 1.26. The number of anilines is 1. The van der Waals surface area contributed by atoms with E-state index in [2.05, 4.69) is 52.2 Å². The smallest absolute Gasteiger partial charge is 0.0350 e. The molecule has 0 heterocycles. The number of halogens is 1.